The Morgan fingerprint density at radius 3 is 3.07 bits per heavy atom. The zero-order valence-corrected chi connectivity index (χ0v) is 8.49. The summed E-state index contributed by atoms with van der Waals surface area (Å²) < 4.78 is 10.6. The van der Waals surface area contributed by atoms with Crippen molar-refractivity contribution in [2.24, 2.45) is 0 Å². The van der Waals surface area contributed by atoms with E-state index in [-0.39, 0.29) is 5.92 Å². The fourth-order valence-corrected chi connectivity index (χ4v) is 1.78. The van der Waals surface area contributed by atoms with Gasteiger partial charge in [-0.3, -0.25) is 0 Å². The molecule has 1 aromatic carbocycles. The van der Waals surface area contributed by atoms with Crippen molar-refractivity contribution in [1.82, 2.24) is 0 Å². The molecule has 0 aliphatic carbocycles. The molecule has 78 valence electrons. The number of nitrogens with zero attached hydrogens (tertiary/aromatic N) is 1. The molecule has 0 bridgehead atoms. The molecule has 1 aliphatic rings. The maximum Gasteiger partial charge on any atom is 0.150 e. The number of fused-ring (bicyclic) bond motifs is 1. The van der Waals surface area contributed by atoms with Crippen LogP contribution in [-0.4, -0.2) is 13.7 Å². The van der Waals surface area contributed by atoms with E-state index in [9.17, 15) is 0 Å². The minimum Gasteiger partial charge on any atom is -0.494 e. The number of methoxy groups -OCH3 is 1. The lowest BCUT2D eigenvalue weighted by Crippen LogP contribution is -2.14. The fourth-order valence-electron chi connectivity index (χ4n) is 1.78. The lowest BCUT2D eigenvalue weighted by atomic mass is 9.94. The predicted molar refractivity (Wildman–Crippen MR) is 55.9 cm³/mol. The number of nitrogens with two attached hydrogens (primary N) is 1. The second-order valence-electron chi connectivity index (χ2n) is 3.42. The average Bonchev–Trinajstić information content (AvgIpc) is 2.29. The van der Waals surface area contributed by atoms with Crippen LogP contribution in [0.4, 0.5) is 5.69 Å². The van der Waals surface area contributed by atoms with Crippen LogP contribution in [0.5, 0.6) is 11.5 Å². The Kier molecular flexibility index (Phi) is 2.38. The first kappa shape index (κ1) is 9.66. The van der Waals surface area contributed by atoms with E-state index in [1.807, 2.05) is 6.07 Å². The van der Waals surface area contributed by atoms with Crippen LogP contribution in [0.1, 0.15) is 17.9 Å². The molecule has 2 rings (SSSR count). The Balaban J connectivity index is 2.53. The molecule has 0 aromatic heterocycles. The molecular formula is C11H12N2O2. The third-order valence-corrected chi connectivity index (χ3v) is 2.59. The van der Waals surface area contributed by atoms with Crippen molar-refractivity contribution in [2.45, 2.75) is 12.3 Å². The van der Waals surface area contributed by atoms with Gasteiger partial charge >= 0.3 is 0 Å². The number of benzene rings is 1. The minimum absolute atomic E-state index is 0.123. The Morgan fingerprint density at radius 1 is 1.60 bits per heavy atom. The molecule has 0 fully saturated rings. The van der Waals surface area contributed by atoms with Crippen LogP contribution in [0.2, 0.25) is 0 Å². The number of rotatable bonds is 1. The van der Waals surface area contributed by atoms with Crippen LogP contribution in [0.15, 0.2) is 12.1 Å². The van der Waals surface area contributed by atoms with Gasteiger partial charge in [-0.05, 0) is 6.07 Å². The Labute approximate surface area is 88.2 Å². The molecule has 1 heterocycles. The van der Waals surface area contributed by atoms with Crippen molar-refractivity contribution < 1.29 is 9.47 Å². The van der Waals surface area contributed by atoms with E-state index in [2.05, 4.69) is 6.07 Å². The summed E-state index contributed by atoms with van der Waals surface area (Å²) in [6, 6.07) is 5.86. The molecule has 2 N–H and O–H groups in total. The SMILES string of the molecule is COc1ccc2c(c1N)OCCC2C#N. The van der Waals surface area contributed by atoms with Gasteiger partial charge in [-0.2, -0.15) is 5.26 Å². The summed E-state index contributed by atoms with van der Waals surface area (Å²) in [7, 11) is 1.56. The van der Waals surface area contributed by atoms with E-state index in [0.29, 0.717) is 23.8 Å². The molecule has 15 heavy (non-hydrogen) atoms. The summed E-state index contributed by atoms with van der Waals surface area (Å²) in [4.78, 5) is 0. The lowest BCUT2D eigenvalue weighted by Gasteiger charge is -2.23. The summed E-state index contributed by atoms with van der Waals surface area (Å²) in [6.07, 6.45) is 0.718. The van der Waals surface area contributed by atoms with Gasteiger partial charge < -0.3 is 15.2 Å². The van der Waals surface area contributed by atoms with Crippen LogP contribution in [-0.2, 0) is 0 Å². The molecule has 0 saturated carbocycles. The van der Waals surface area contributed by atoms with Gasteiger partial charge in [0.25, 0.3) is 0 Å². The monoisotopic (exact) mass is 204 g/mol. The number of nitriles is 1. The molecular weight excluding hydrogens is 192 g/mol. The normalized spacial score (nSPS) is 18.5. The number of anilines is 1. The van der Waals surface area contributed by atoms with E-state index in [4.69, 9.17) is 20.5 Å². The molecule has 1 atom stereocenters. The highest BCUT2D eigenvalue weighted by molar-refractivity contribution is 5.67. The van der Waals surface area contributed by atoms with Crippen molar-refractivity contribution in [3.63, 3.8) is 0 Å². The van der Waals surface area contributed by atoms with Crippen LogP contribution < -0.4 is 15.2 Å². The number of hydrogen-bond acceptors (Lipinski definition) is 4. The van der Waals surface area contributed by atoms with Gasteiger partial charge in [-0.25, -0.2) is 0 Å². The van der Waals surface area contributed by atoms with Crippen LogP contribution in [0.3, 0.4) is 0 Å². The van der Waals surface area contributed by atoms with E-state index in [1.165, 1.54) is 0 Å². The lowest BCUT2D eigenvalue weighted by molar-refractivity contribution is 0.280. The zero-order valence-electron chi connectivity index (χ0n) is 8.49. The standard InChI is InChI=1S/C11H12N2O2/c1-14-9-3-2-8-7(6-12)4-5-15-11(8)10(9)13/h2-3,7H,4-5,13H2,1H3. The highest BCUT2D eigenvalue weighted by atomic mass is 16.5. The molecule has 0 saturated heterocycles. The molecule has 1 unspecified atom stereocenters. The third-order valence-electron chi connectivity index (χ3n) is 2.59. The van der Waals surface area contributed by atoms with Crippen molar-refractivity contribution in [2.75, 3.05) is 19.5 Å². The topological polar surface area (TPSA) is 68.3 Å². The number of nitrogen functional groups attached to an aromatic ring is 1. The van der Waals surface area contributed by atoms with Crippen LogP contribution >= 0.6 is 0 Å². The van der Waals surface area contributed by atoms with E-state index >= 15 is 0 Å². The van der Waals surface area contributed by atoms with Gasteiger partial charge in [-0.15, -0.1) is 0 Å². The fraction of sp³-hybridized carbons (Fsp3) is 0.364. The Hall–Kier alpha value is -1.89. The predicted octanol–water partition coefficient (Wildman–Crippen LogP) is 1.67. The largest absolute Gasteiger partial charge is 0.494 e. The highest BCUT2D eigenvalue weighted by Gasteiger charge is 2.24. The molecule has 0 radical (unpaired) electrons. The number of ether oxygens (including phenoxy) is 2. The van der Waals surface area contributed by atoms with Gasteiger partial charge in [0.05, 0.1) is 25.7 Å². The second-order valence-corrected chi connectivity index (χ2v) is 3.42. The average molecular weight is 204 g/mol. The van der Waals surface area contributed by atoms with Gasteiger partial charge in [-0.1, -0.05) is 6.07 Å². The van der Waals surface area contributed by atoms with E-state index in [1.54, 1.807) is 13.2 Å². The maximum absolute atomic E-state index is 8.98. The van der Waals surface area contributed by atoms with Gasteiger partial charge in [0, 0.05) is 12.0 Å². The smallest absolute Gasteiger partial charge is 0.150 e. The Morgan fingerprint density at radius 2 is 2.40 bits per heavy atom. The molecule has 0 spiro atoms. The van der Waals surface area contributed by atoms with Crippen LogP contribution in [0, 0.1) is 11.3 Å². The van der Waals surface area contributed by atoms with Crippen molar-refractivity contribution in [3.05, 3.63) is 17.7 Å². The maximum atomic E-state index is 8.98. The van der Waals surface area contributed by atoms with Crippen molar-refractivity contribution >= 4 is 5.69 Å². The Bertz CT molecular complexity index is 423. The van der Waals surface area contributed by atoms with E-state index < -0.39 is 0 Å². The molecule has 4 nitrogen and oxygen atoms in total. The van der Waals surface area contributed by atoms with Crippen LogP contribution in [0.25, 0.3) is 0 Å². The minimum atomic E-state index is -0.123. The quantitative estimate of drug-likeness (QED) is 0.706. The first-order chi connectivity index (χ1) is 7.27. The zero-order chi connectivity index (χ0) is 10.8. The first-order valence-electron chi connectivity index (χ1n) is 4.76. The summed E-state index contributed by atoms with van der Waals surface area (Å²) >= 11 is 0. The highest BCUT2D eigenvalue weighted by Crippen LogP contribution is 2.41. The molecule has 1 aromatic rings. The second kappa shape index (κ2) is 3.70. The molecule has 1 aliphatic heterocycles. The summed E-state index contributed by atoms with van der Waals surface area (Å²) in [5, 5.41) is 8.98. The molecule has 0 amide bonds. The summed E-state index contributed by atoms with van der Waals surface area (Å²) in [6.45, 7) is 0.530. The van der Waals surface area contributed by atoms with Gasteiger partial charge in [0.15, 0.2) is 5.75 Å². The third kappa shape index (κ3) is 1.46. The van der Waals surface area contributed by atoms with Crippen molar-refractivity contribution in [1.29, 1.82) is 5.26 Å². The molecule has 4 heteroatoms. The summed E-state index contributed by atoms with van der Waals surface area (Å²) in [5.74, 6) is 1.07. The van der Waals surface area contributed by atoms with E-state index in [0.717, 1.165) is 12.0 Å². The van der Waals surface area contributed by atoms with Gasteiger partial charge in [0.2, 0.25) is 0 Å². The number of hydrogen-bond donors (Lipinski definition) is 1. The first-order valence-corrected chi connectivity index (χ1v) is 4.76. The van der Waals surface area contributed by atoms with Gasteiger partial charge in [0.1, 0.15) is 11.4 Å². The van der Waals surface area contributed by atoms with Crippen molar-refractivity contribution in [3.8, 4) is 17.6 Å². The summed E-state index contributed by atoms with van der Waals surface area (Å²) in [5.41, 5.74) is 7.22.